The summed E-state index contributed by atoms with van der Waals surface area (Å²) in [6.07, 6.45) is 1.12. The van der Waals surface area contributed by atoms with Crippen molar-refractivity contribution in [2.24, 2.45) is 0 Å². The van der Waals surface area contributed by atoms with Crippen LogP contribution in [0, 0.1) is 13.8 Å². The Hall–Kier alpha value is -0.900. The van der Waals surface area contributed by atoms with Gasteiger partial charge in [0.1, 0.15) is 0 Å². The molecule has 1 unspecified atom stereocenters. The fourth-order valence-electron chi connectivity index (χ4n) is 2.55. The number of nitrogens with one attached hydrogen (secondary N) is 1. The lowest BCUT2D eigenvalue weighted by Gasteiger charge is -2.23. The van der Waals surface area contributed by atoms with Crippen molar-refractivity contribution in [3.63, 3.8) is 0 Å². The Labute approximate surface area is 124 Å². The molecule has 1 aromatic carbocycles. The molecule has 0 saturated carbocycles. The second-order valence-corrected chi connectivity index (χ2v) is 5.62. The summed E-state index contributed by atoms with van der Waals surface area (Å²) in [5.74, 6) is 0. The highest BCUT2D eigenvalue weighted by Crippen LogP contribution is 2.20. The highest BCUT2D eigenvalue weighted by Gasteiger charge is 2.12. The number of likely N-dealkylation sites (N-methyl/N-ethyl adjacent to an activating group) is 1. The molecule has 0 radical (unpaired) electrons. The lowest BCUT2D eigenvalue weighted by molar-refractivity contribution is 0.159. The molecule has 0 bridgehead atoms. The minimum atomic E-state index is 0.434. The predicted molar refractivity (Wildman–Crippen MR) is 86.3 cm³/mol. The maximum absolute atomic E-state index is 5.13. The van der Waals surface area contributed by atoms with E-state index in [1.807, 2.05) is 0 Å². The smallest absolute Gasteiger partial charge is 0.0589 e. The van der Waals surface area contributed by atoms with E-state index in [2.05, 4.69) is 56.2 Å². The molecule has 1 N–H and O–H groups in total. The maximum atomic E-state index is 5.13. The number of benzene rings is 1. The Morgan fingerprint density at radius 2 is 1.80 bits per heavy atom. The van der Waals surface area contributed by atoms with Crippen molar-refractivity contribution in [1.29, 1.82) is 0 Å². The zero-order valence-corrected chi connectivity index (χ0v) is 13.7. The Kier molecular flexibility index (Phi) is 7.82. The van der Waals surface area contributed by atoms with Crippen LogP contribution in [-0.4, -0.2) is 45.3 Å². The Balaban J connectivity index is 2.63. The minimum Gasteiger partial charge on any atom is -0.383 e. The Morgan fingerprint density at radius 1 is 1.15 bits per heavy atom. The number of ether oxygens (including phenoxy) is 1. The first-order chi connectivity index (χ1) is 9.56. The summed E-state index contributed by atoms with van der Waals surface area (Å²) in [5, 5.41) is 3.61. The first-order valence-electron chi connectivity index (χ1n) is 7.55. The molecule has 1 aromatic rings. The van der Waals surface area contributed by atoms with Crippen LogP contribution in [0.3, 0.4) is 0 Å². The van der Waals surface area contributed by atoms with E-state index >= 15 is 0 Å². The number of nitrogens with zero attached hydrogens (tertiary/aromatic N) is 1. The number of methoxy groups -OCH3 is 1. The van der Waals surface area contributed by atoms with E-state index < -0.39 is 0 Å². The average Bonchev–Trinajstić information content (AvgIpc) is 2.40. The normalized spacial score (nSPS) is 12.9. The van der Waals surface area contributed by atoms with Gasteiger partial charge in [-0.2, -0.15) is 0 Å². The van der Waals surface area contributed by atoms with Gasteiger partial charge in [-0.25, -0.2) is 0 Å². The van der Waals surface area contributed by atoms with Gasteiger partial charge in [0.15, 0.2) is 0 Å². The second-order valence-electron chi connectivity index (χ2n) is 5.62. The van der Waals surface area contributed by atoms with Crippen molar-refractivity contribution in [2.75, 3.05) is 40.4 Å². The van der Waals surface area contributed by atoms with E-state index in [0.717, 1.165) is 32.7 Å². The zero-order chi connectivity index (χ0) is 15.0. The van der Waals surface area contributed by atoms with Gasteiger partial charge in [-0.1, -0.05) is 36.2 Å². The van der Waals surface area contributed by atoms with Gasteiger partial charge in [0.05, 0.1) is 6.61 Å². The van der Waals surface area contributed by atoms with Crippen LogP contribution in [0.2, 0.25) is 0 Å². The predicted octanol–water partition coefficient (Wildman–Crippen LogP) is 2.92. The van der Waals surface area contributed by atoms with E-state index in [-0.39, 0.29) is 0 Å². The summed E-state index contributed by atoms with van der Waals surface area (Å²) in [6.45, 7) is 10.4. The molecule has 0 spiro atoms. The molecule has 1 rings (SSSR count). The van der Waals surface area contributed by atoms with E-state index in [4.69, 9.17) is 4.74 Å². The summed E-state index contributed by atoms with van der Waals surface area (Å²) in [4.78, 5) is 2.33. The van der Waals surface area contributed by atoms with E-state index in [9.17, 15) is 0 Å². The third kappa shape index (κ3) is 6.04. The van der Waals surface area contributed by atoms with E-state index in [1.165, 1.54) is 16.7 Å². The van der Waals surface area contributed by atoms with Crippen LogP contribution in [0.25, 0.3) is 0 Å². The van der Waals surface area contributed by atoms with Crippen molar-refractivity contribution in [3.8, 4) is 0 Å². The van der Waals surface area contributed by atoms with Crippen LogP contribution >= 0.6 is 0 Å². The van der Waals surface area contributed by atoms with Gasteiger partial charge in [0.25, 0.3) is 0 Å². The zero-order valence-electron chi connectivity index (χ0n) is 13.7. The fraction of sp³-hybridized carbons (Fsp3) is 0.647. The van der Waals surface area contributed by atoms with Crippen molar-refractivity contribution >= 4 is 0 Å². The van der Waals surface area contributed by atoms with Gasteiger partial charge < -0.3 is 15.0 Å². The van der Waals surface area contributed by atoms with Crippen LogP contribution in [0.5, 0.6) is 0 Å². The van der Waals surface area contributed by atoms with Crippen LogP contribution in [0.1, 0.15) is 36.1 Å². The summed E-state index contributed by atoms with van der Waals surface area (Å²) >= 11 is 0. The summed E-state index contributed by atoms with van der Waals surface area (Å²) in [5.41, 5.74) is 4.09. The second kappa shape index (κ2) is 9.11. The minimum absolute atomic E-state index is 0.434. The summed E-state index contributed by atoms with van der Waals surface area (Å²) in [6, 6.07) is 7.27. The molecular formula is C17H30N2O. The topological polar surface area (TPSA) is 24.5 Å². The molecule has 1 atom stereocenters. The van der Waals surface area contributed by atoms with Crippen molar-refractivity contribution in [1.82, 2.24) is 10.2 Å². The molecular weight excluding hydrogens is 248 g/mol. The molecule has 0 aliphatic carbocycles. The third-order valence-electron chi connectivity index (χ3n) is 3.57. The molecule has 0 heterocycles. The van der Waals surface area contributed by atoms with Crippen LogP contribution in [0.4, 0.5) is 0 Å². The highest BCUT2D eigenvalue weighted by atomic mass is 16.5. The first kappa shape index (κ1) is 17.2. The SMILES string of the molecule is CCNC(CCN(C)CCOC)c1cc(C)cc(C)c1. The molecule has 0 aliphatic rings. The van der Waals surface area contributed by atoms with E-state index in [1.54, 1.807) is 7.11 Å². The van der Waals surface area contributed by atoms with Crippen molar-refractivity contribution in [3.05, 3.63) is 34.9 Å². The fourth-order valence-corrected chi connectivity index (χ4v) is 2.55. The number of hydrogen-bond acceptors (Lipinski definition) is 3. The molecule has 20 heavy (non-hydrogen) atoms. The molecule has 0 aliphatic heterocycles. The quantitative estimate of drug-likeness (QED) is 0.751. The first-order valence-corrected chi connectivity index (χ1v) is 7.55. The van der Waals surface area contributed by atoms with Crippen molar-refractivity contribution in [2.45, 2.75) is 33.2 Å². The van der Waals surface area contributed by atoms with Gasteiger partial charge >= 0.3 is 0 Å². The molecule has 0 saturated heterocycles. The third-order valence-corrected chi connectivity index (χ3v) is 3.57. The van der Waals surface area contributed by atoms with E-state index in [0.29, 0.717) is 6.04 Å². The molecule has 0 aromatic heterocycles. The van der Waals surface area contributed by atoms with Gasteiger partial charge in [-0.3, -0.25) is 0 Å². The maximum Gasteiger partial charge on any atom is 0.0589 e. The van der Waals surface area contributed by atoms with Gasteiger partial charge in [0.2, 0.25) is 0 Å². The molecule has 3 heteroatoms. The highest BCUT2D eigenvalue weighted by molar-refractivity contribution is 5.30. The van der Waals surface area contributed by atoms with Crippen LogP contribution < -0.4 is 5.32 Å². The Bertz CT molecular complexity index is 372. The summed E-state index contributed by atoms with van der Waals surface area (Å²) < 4.78 is 5.13. The van der Waals surface area contributed by atoms with Crippen LogP contribution in [0.15, 0.2) is 18.2 Å². The van der Waals surface area contributed by atoms with Crippen molar-refractivity contribution < 1.29 is 4.74 Å². The van der Waals surface area contributed by atoms with Crippen LogP contribution in [-0.2, 0) is 4.74 Å². The number of hydrogen-bond donors (Lipinski definition) is 1. The van der Waals surface area contributed by atoms with Gasteiger partial charge in [0, 0.05) is 19.7 Å². The number of aryl methyl sites for hydroxylation is 2. The summed E-state index contributed by atoms with van der Waals surface area (Å²) in [7, 11) is 3.91. The Morgan fingerprint density at radius 3 is 2.35 bits per heavy atom. The van der Waals surface area contributed by atoms with Gasteiger partial charge in [-0.15, -0.1) is 0 Å². The molecule has 0 amide bonds. The molecule has 0 fully saturated rings. The lowest BCUT2D eigenvalue weighted by atomic mass is 9.99. The van der Waals surface area contributed by atoms with Gasteiger partial charge in [-0.05, 0) is 46.0 Å². The largest absolute Gasteiger partial charge is 0.383 e. The molecule has 3 nitrogen and oxygen atoms in total. The average molecular weight is 278 g/mol. The monoisotopic (exact) mass is 278 g/mol. The number of rotatable bonds is 9. The molecule has 114 valence electrons. The standard InChI is InChI=1S/C17H30N2O/c1-6-18-17(7-8-19(4)9-10-20-5)16-12-14(2)11-15(3)13-16/h11-13,17-18H,6-10H2,1-5H3. The lowest BCUT2D eigenvalue weighted by Crippen LogP contribution is -2.29.